The molecule has 10 nitrogen and oxygen atoms in total. The summed E-state index contributed by atoms with van der Waals surface area (Å²) in [7, 11) is 0. The first kappa shape index (κ1) is 29.6. The minimum absolute atomic E-state index is 0.133. The molecule has 2 N–H and O–H groups in total. The minimum Gasteiger partial charge on any atom is -0.472 e. The van der Waals surface area contributed by atoms with Gasteiger partial charge in [0.2, 0.25) is 5.91 Å². The number of pyridine rings is 1. The van der Waals surface area contributed by atoms with E-state index in [0.29, 0.717) is 41.8 Å². The molecular formula is C28H34ClFN6O4. The zero-order valence-corrected chi connectivity index (χ0v) is 23.8. The molecule has 12 heteroatoms. The number of halogens is 2. The van der Waals surface area contributed by atoms with Gasteiger partial charge >= 0.3 is 0 Å². The molecule has 3 heterocycles. The number of amides is 1. The number of aromatic nitrogens is 3. The van der Waals surface area contributed by atoms with Gasteiger partial charge in [-0.25, -0.2) is 9.37 Å². The van der Waals surface area contributed by atoms with E-state index in [1.807, 2.05) is 13.8 Å². The molecule has 3 aromatic rings. The molecule has 0 bridgehead atoms. The summed E-state index contributed by atoms with van der Waals surface area (Å²) in [6.45, 7) is 10.7. The van der Waals surface area contributed by atoms with Crippen molar-refractivity contribution < 1.29 is 23.4 Å². The summed E-state index contributed by atoms with van der Waals surface area (Å²) in [4.78, 5) is 18.9. The molecule has 0 radical (unpaired) electrons. The van der Waals surface area contributed by atoms with Gasteiger partial charge in [-0.05, 0) is 57.3 Å². The van der Waals surface area contributed by atoms with Crippen molar-refractivity contribution in [2.45, 2.75) is 46.0 Å². The fraction of sp³-hybridized carbons (Fsp3) is 0.429. The molecule has 1 fully saturated rings. The van der Waals surface area contributed by atoms with Gasteiger partial charge in [0.15, 0.2) is 5.79 Å². The van der Waals surface area contributed by atoms with Gasteiger partial charge < -0.3 is 29.7 Å². The molecule has 1 saturated heterocycles. The van der Waals surface area contributed by atoms with Crippen molar-refractivity contribution in [3.8, 4) is 17.1 Å². The number of nitrogens with one attached hydrogen (secondary N) is 2. The Kier molecular flexibility index (Phi) is 9.85. The Morgan fingerprint density at radius 1 is 1.20 bits per heavy atom. The predicted molar refractivity (Wildman–Crippen MR) is 151 cm³/mol. The molecule has 2 aromatic heterocycles. The largest absolute Gasteiger partial charge is 0.472 e. The molecule has 0 aliphatic carbocycles. The van der Waals surface area contributed by atoms with Crippen LogP contribution in [0.4, 0.5) is 21.6 Å². The van der Waals surface area contributed by atoms with E-state index in [9.17, 15) is 9.18 Å². The molecule has 1 aliphatic rings. The van der Waals surface area contributed by atoms with Crippen molar-refractivity contribution in [3.63, 3.8) is 0 Å². The second-order valence-corrected chi connectivity index (χ2v) is 10.2. The van der Waals surface area contributed by atoms with Gasteiger partial charge in [0, 0.05) is 41.5 Å². The highest BCUT2D eigenvalue weighted by Crippen LogP contribution is 2.32. The molecule has 214 valence electrons. The van der Waals surface area contributed by atoms with Gasteiger partial charge in [0.05, 0.1) is 12.3 Å². The Morgan fingerprint density at radius 2 is 2.00 bits per heavy atom. The lowest BCUT2D eigenvalue weighted by Gasteiger charge is -2.18. The predicted octanol–water partition coefficient (Wildman–Crippen LogP) is 5.28. The summed E-state index contributed by atoms with van der Waals surface area (Å²) >= 11 is 6.10. The number of rotatable bonds is 12. The van der Waals surface area contributed by atoms with Crippen molar-refractivity contribution in [3.05, 3.63) is 53.4 Å². The maximum Gasteiger partial charge on any atom is 0.257 e. The van der Waals surface area contributed by atoms with Crippen LogP contribution in [0.2, 0.25) is 5.02 Å². The fourth-order valence-corrected chi connectivity index (χ4v) is 4.33. The van der Waals surface area contributed by atoms with E-state index in [2.05, 4.69) is 44.6 Å². The van der Waals surface area contributed by atoms with Gasteiger partial charge in [0.1, 0.15) is 30.0 Å². The van der Waals surface area contributed by atoms with Crippen LogP contribution in [0.1, 0.15) is 34.1 Å². The summed E-state index contributed by atoms with van der Waals surface area (Å²) in [6, 6.07) is 9.26. The highest BCUT2D eigenvalue weighted by atomic mass is 35.5. The van der Waals surface area contributed by atoms with Gasteiger partial charge in [0.25, 0.3) is 5.88 Å². The Hall–Kier alpha value is -3.38. The second-order valence-electron chi connectivity index (χ2n) is 9.71. The zero-order valence-electron chi connectivity index (χ0n) is 23.0. The first-order valence-electron chi connectivity index (χ1n) is 13.2. The molecule has 1 unspecified atom stereocenters. The highest BCUT2D eigenvalue weighted by Gasteiger charge is 2.33. The Morgan fingerprint density at radius 3 is 2.73 bits per heavy atom. The number of nitrogens with zero attached hydrogens (tertiary/aromatic N) is 4. The van der Waals surface area contributed by atoms with E-state index in [4.69, 9.17) is 25.8 Å². The van der Waals surface area contributed by atoms with Gasteiger partial charge in [-0.3, -0.25) is 4.79 Å². The van der Waals surface area contributed by atoms with Crippen molar-refractivity contribution in [1.29, 1.82) is 0 Å². The SMILES string of the molecule is CCN(CC)CCC(=O)Nc1cc(Nc2cc(-c3cc(Cl)ccc3F)nnc2OCC2COC(C)(C)O2)ccn1. The van der Waals surface area contributed by atoms with Crippen molar-refractivity contribution in [1.82, 2.24) is 20.1 Å². The van der Waals surface area contributed by atoms with Crippen molar-refractivity contribution >= 4 is 34.7 Å². The number of hydrogen-bond acceptors (Lipinski definition) is 9. The lowest BCUT2D eigenvalue weighted by atomic mass is 10.1. The van der Waals surface area contributed by atoms with Crippen molar-refractivity contribution in [2.24, 2.45) is 0 Å². The Bertz CT molecular complexity index is 1320. The lowest BCUT2D eigenvalue weighted by molar-refractivity contribution is -0.141. The van der Waals surface area contributed by atoms with Crippen LogP contribution in [0.5, 0.6) is 5.88 Å². The van der Waals surface area contributed by atoms with Crippen LogP contribution in [0.3, 0.4) is 0 Å². The molecule has 40 heavy (non-hydrogen) atoms. The van der Waals surface area contributed by atoms with Gasteiger partial charge in [-0.1, -0.05) is 25.4 Å². The standard InChI is InChI=1S/C28H34ClFN6O4/c1-5-36(6-2)12-10-26(37)33-25-14-19(9-11-31-25)32-24-15-23(21-13-18(29)7-8-22(21)30)34-35-27(24)38-16-20-17-39-28(3,4)40-20/h7-9,11,13-15,20H,5-6,10,12,16-17H2,1-4H3,(H2,31,32,33,34,37). The van der Waals surface area contributed by atoms with E-state index in [1.165, 1.54) is 18.2 Å². The molecule has 0 saturated carbocycles. The van der Waals surface area contributed by atoms with Crippen LogP contribution in [0, 0.1) is 5.82 Å². The summed E-state index contributed by atoms with van der Waals surface area (Å²) < 4.78 is 32.0. The average Bonchev–Trinajstić information content (AvgIpc) is 3.28. The summed E-state index contributed by atoms with van der Waals surface area (Å²) in [6.07, 6.45) is 1.63. The van der Waals surface area contributed by atoms with Crippen LogP contribution in [-0.2, 0) is 14.3 Å². The van der Waals surface area contributed by atoms with E-state index < -0.39 is 11.6 Å². The molecule has 0 spiro atoms. The molecule has 1 aromatic carbocycles. The third-order valence-electron chi connectivity index (χ3n) is 6.29. The van der Waals surface area contributed by atoms with E-state index >= 15 is 0 Å². The fourth-order valence-electron chi connectivity index (χ4n) is 4.16. The smallest absolute Gasteiger partial charge is 0.257 e. The van der Waals surface area contributed by atoms with Gasteiger partial charge in [-0.2, -0.15) is 0 Å². The molecule has 1 atom stereocenters. The zero-order chi connectivity index (χ0) is 28.7. The molecule has 4 rings (SSSR count). The van der Waals surface area contributed by atoms with E-state index in [0.717, 1.165) is 13.1 Å². The summed E-state index contributed by atoms with van der Waals surface area (Å²) in [5.74, 6) is -0.750. The Balaban J connectivity index is 1.54. The monoisotopic (exact) mass is 572 g/mol. The number of hydrogen-bond donors (Lipinski definition) is 2. The third-order valence-corrected chi connectivity index (χ3v) is 6.53. The quantitative estimate of drug-likeness (QED) is 0.299. The maximum atomic E-state index is 14.6. The average molecular weight is 573 g/mol. The number of benzene rings is 1. The first-order chi connectivity index (χ1) is 19.2. The lowest BCUT2D eigenvalue weighted by Crippen LogP contribution is -2.27. The first-order valence-corrected chi connectivity index (χ1v) is 13.6. The number of anilines is 3. The van der Waals surface area contributed by atoms with Crippen molar-refractivity contribution in [2.75, 3.05) is 43.5 Å². The second kappa shape index (κ2) is 13.3. The normalized spacial score (nSPS) is 16.2. The van der Waals surface area contributed by atoms with Crippen LogP contribution in [0.15, 0.2) is 42.6 Å². The highest BCUT2D eigenvalue weighted by molar-refractivity contribution is 6.30. The van der Waals surface area contributed by atoms with E-state index in [1.54, 1.807) is 24.4 Å². The number of carbonyl (C=O) groups excluding carboxylic acids is 1. The molecule has 1 aliphatic heterocycles. The minimum atomic E-state index is -0.696. The molecule has 1 amide bonds. The number of ether oxygens (including phenoxy) is 3. The van der Waals surface area contributed by atoms with Crippen LogP contribution < -0.4 is 15.4 Å². The summed E-state index contributed by atoms with van der Waals surface area (Å²) in [5, 5.41) is 14.8. The summed E-state index contributed by atoms with van der Waals surface area (Å²) in [5.41, 5.74) is 1.48. The maximum absolute atomic E-state index is 14.6. The van der Waals surface area contributed by atoms with Crippen LogP contribution >= 0.6 is 11.6 Å². The van der Waals surface area contributed by atoms with Gasteiger partial charge in [-0.15, -0.1) is 10.2 Å². The van der Waals surface area contributed by atoms with E-state index in [-0.39, 0.29) is 35.8 Å². The number of carbonyl (C=O) groups is 1. The van der Waals surface area contributed by atoms with Crippen LogP contribution in [0.25, 0.3) is 11.3 Å². The topological polar surface area (TPSA) is 111 Å². The van der Waals surface area contributed by atoms with Crippen LogP contribution in [-0.4, -0.2) is 70.7 Å². The Labute approximate surface area is 238 Å². The third kappa shape index (κ3) is 8.07. The molecular weight excluding hydrogens is 539 g/mol.